The molecule has 0 atom stereocenters. The molecule has 1 N–H and O–H groups in total. The monoisotopic (exact) mass is 338 g/mol. The van der Waals surface area contributed by atoms with E-state index in [2.05, 4.69) is 24.3 Å². The maximum Gasteiger partial charge on any atom is 0.346 e. The largest absolute Gasteiger partial charge is 0.477 e. The number of rotatable bonds is 3. The lowest BCUT2D eigenvalue weighted by Gasteiger charge is -2.07. The number of aromatic nitrogens is 1. The van der Waals surface area contributed by atoms with Crippen LogP contribution in [-0.4, -0.2) is 15.6 Å². The van der Waals surface area contributed by atoms with Gasteiger partial charge in [0, 0.05) is 22.8 Å². The number of hydrogen-bond donors (Lipinski definition) is 1. The van der Waals surface area contributed by atoms with E-state index < -0.39 is 5.97 Å². The Balaban J connectivity index is 1.96. The smallest absolute Gasteiger partial charge is 0.346 e. The van der Waals surface area contributed by atoms with Gasteiger partial charge in [-0.25, -0.2) is 4.79 Å². The normalized spacial score (nSPS) is 11.6. The second-order valence-corrected chi connectivity index (χ2v) is 5.98. The number of aliphatic carboxylic acids is 1. The molecule has 0 saturated carbocycles. The van der Waals surface area contributed by atoms with Crippen molar-refractivity contribution >= 4 is 33.7 Å². The zero-order valence-corrected chi connectivity index (χ0v) is 13.8. The van der Waals surface area contributed by atoms with Crippen LogP contribution in [0.4, 0.5) is 0 Å². The van der Waals surface area contributed by atoms with E-state index in [1.54, 1.807) is 6.07 Å². The first-order chi connectivity index (χ1) is 12.7. The van der Waals surface area contributed by atoms with Crippen molar-refractivity contribution in [3.05, 3.63) is 84.1 Å². The predicted molar refractivity (Wildman–Crippen MR) is 102 cm³/mol. The summed E-state index contributed by atoms with van der Waals surface area (Å²) in [4.78, 5) is 11.2. The van der Waals surface area contributed by atoms with Gasteiger partial charge in [-0.1, -0.05) is 48.5 Å². The Morgan fingerprint density at radius 1 is 1.00 bits per heavy atom. The number of nitrogens with zero attached hydrogens (tertiary/aromatic N) is 2. The molecule has 26 heavy (non-hydrogen) atoms. The van der Waals surface area contributed by atoms with Crippen LogP contribution in [0.5, 0.6) is 0 Å². The van der Waals surface area contributed by atoms with Crippen molar-refractivity contribution in [1.29, 1.82) is 5.26 Å². The Bertz CT molecular complexity index is 1230. The fourth-order valence-corrected chi connectivity index (χ4v) is 3.16. The summed E-state index contributed by atoms with van der Waals surface area (Å²) in [5.74, 6) is -1.23. The fourth-order valence-electron chi connectivity index (χ4n) is 3.16. The highest BCUT2D eigenvalue weighted by atomic mass is 16.4. The topological polar surface area (TPSA) is 66.0 Å². The Hall–Kier alpha value is -3.84. The first-order valence-electron chi connectivity index (χ1n) is 8.12. The summed E-state index contributed by atoms with van der Waals surface area (Å²) in [6.07, 6.45) is 3.29. The van der Waals surface area contributed by atoms with Gasteiger partial charge in [0.2, 0.25) is 0 Å². The molecule has 0 unspecified atom stereocenters. The molecular weight excluding hydrogens is 324 g/mol. The number of nitriles is 1. The summed E-state index contributed by atoms with van der Waals surface area (Å²) in [5, 5.41) is 21.4. The van der Waals surface area contributed by atoms with Crippen molar-refractivity contribution in [2.75, 3.05) is 0 Å². The van der Waals surface area contributed by atoms with Crippen LogP contribution in [0, 0.1) is 11.3 Å². The van der Waals surface area contributed by atoms with Crippen molar-refractivity contribution < 1.29 is 9.90 Å². The minimum absolute atomic E-state index is 0.286. The molecule has 1 aromatic heterocycles. The van der Waals surface area contributed by atoms with E-state index in [4.69, 9.17) is 10.4 Å². The summed E-state index contributed by atoms with van der Waals surface area (Å²) in [5.41, 5.74) is 2.35. The first-order valence-corrected chi connectivity index (χ1v) is 8.12. The molecule has 0 spiro atoms. The van der Waals surface area contributed by atoms with Gasteiger partial charge in [-0.3, -0.25) is 0 Å². The second kappa shape index (κ2) is 6.23. The fraction of sp³-hybridized carbons (Fsp3) is 0. The third kappa shape index (κ3) is 2.62. The standard InChI is InChI=1S/C22H14N2O2/c23-13-17(22(25)26)11-18-14-24(21-8-4-3-7-20(18)21)19-10-9-15-5-1-2-6-16(15)12-19/h1-12,14H,(H,25,26)/b17-11+. The predicted octanol–water partition coefficient (Wildman–Crippen LogP) is 4.78. The maximum atomic E-state index is 11.2. The van der Waals surface area contributed by atoms with Gasteiger partial charge in [-0.05, 0) is 35.0 Å². The summed E-state index contributed by atoms with van der Waals surface area (Å²) in [6, 6.07) is 23.8. The number of hydrogen-bond acceptors (Lipinski definition) is 2. The number of carbonyl (C=O) groups is 1. The highest BCUT2D eigenvalue weighted by Gasteiger charge is 2.12. The van der Waals surface area contributed by atoms with Crippen molar-refractivity contribution in [2.24, 2.45) is 0 Å². The molecule has 3 aromatic carbocycles. The molecule has 0 bridgehead atoms. The SMILES string of the molecule is N#C/C(=C\c1cn(-c2ccc3ccccc3c2)c2ccccc12)C(=O)O. The molecule has 124 valence electrons. The van der Waals surface area contributed by atoms with Gasteiger partial charge >= 0.3 is 5.97 Å². The van der Waals surface area contributed by atoms with Gasteiger partial charge in [0.15, 0.2) is 0 Å². The zero-order chi connectivity index (χ0) is 18.1. The van der Waals surface area contributed by atoms with Crippen LogP contribution in [0.25, 0.3) is 33.4 Å². The average Bonchev–Trinajstić information content (AvgIpc) is 3.04. The van der Waals surface area contributed by atoms with Crippen LogP contribution in [0.1, 0.15) is 5.56 Å². The van der Waals surface area contributed by atoms with E-state index >= 15 is 0 Å². The number of carboxylic acids is 1. The number of benzene rings is 3. The minimum Gasteiger partial charge on any atom is -0.477 e. The molecule has 4 heteroatoms. The Morgan fingerprint density at radius 3 is 2.50 bits per heavy atom. The molecule has 0 saturated heterocycles. The van der Waals surface area contributed by atoms with Crippen molar-refractivity contribution in [3.8, 4) is 11.8 Å². The quantitative estimate of drug-likeness (QED) is 0.432. The summed E-state index contributed by atoms with van der Waals surface area (Å²) in [6.45, 7) is 0. The van der Waals surface area contributed by atoms with Crippen LogP contribution in [0.2, 0.25) is 0 Å². The Labute approximate surface area is 149 Å². The van der Waals surface area contributed by atoms with E-state index in [0.29, 0.717) is 5.56 Å². The molecule has 0 radical (unpaired) electrons. The van der Waals surface area contributed by atoms with Crippen molar-refractivity contribution in [3.63, 3.8) is 0 Å². The lowest BCUT2D eigenvalue weighted by Crippen LogP contribution is -1.97. The van der Waals surface area contributed by atoms with Crippen molar-refractivity contribution in [2.45, 2.75) is 0 Å². The van der Waals surface area contributed by atoms with Gasteiger partial charge in [0.1, 0.15) is 11.6 Å². The lowest BCUT2D eigenvalue weighted by atomic mass is 10.1. The molecule has 0 aliphatic heterocycles. The van der Waals surface area contributed by atoms with E-state index in [-0.39, 0.29) is 5.57 Å². The van der Waals surface area contributed by atoms with Gasteiger partial charge < -0.3 is 9.67 Å². The first kappa shape index (κ1) is 15.7. The maximum absolute atomic E-state index is 11.2. The second-order valence-electron chi connectivity index (χ2n) is 5.98. The number of fused-ring (bicyclic) bond motifs is 2. The van der Waals surface area contributed by atoms with E-state index in [1.807, 2.05) is 53.2 Å². The molecule has 0 aliphatic rings. The number of para-hydroxylation sites is 1. The molecule has 4 nitrogen and oxygen atoms in total. The third-order valence-corrected chi connectivity index (χ3v) is 4.40. The van der Waals surface area contributed by atoms with E-state index in [0.717, 1.165) is 27.4 Å². The molecule has 0 amide bonds. The van der Waals surface area contributed by atoms with E-state index in [1.165, 1.54) is 6.08 Å². The Kier molecular flexibility index (Phi) is 3.75. The summed E-state index contributed by atoms with van der Waals surface area (Å²) >= 11 is 0. The highest BCUT2D eigenvalue weighted by Crippen LogP contribution is 2.28. The zero-order valence-electron chi connectivity index (χ0n) is 13.8. The van der Waals surface area contributed by atoms with Crippen molar-refractivity contribution in [1.82, 2.24) is 4.57 Å². The molecule has 4 rings (SSSR count). The van der Waals surface area contributed by atoms with Gasteiger partial charge in [-0.15, -0.1) is 0 Å². The summed E-state index contributed by atoms with van der Waals surface area (Å²) < 4.78 is 2.02. The van der Waals surface area contributed by atoms with Crippen LogP contribution in [0.3, 0.4) is 0 Å². The molecule has 4 aromatic rings. The summed E-state index contributed by atoms with van der Waals surface area (Å²) in [7, 11) is 0. The van der Waals surface area contributed by atoms with Gasteiger partial charge in [-0.2, -0.15) is 5.26 Å². The van der Waals surface area contributed by atoms with Gasteiger partial charge in [0.05, 0.1) is 5.52 Å². The van der Waals surface area contributed by atoms with Gasteiger partial charge in [0.25, 0.3) is 0 Å². The highest BCUT2D eigenvalue weighted by molar-refractivity contribution is 6.00. The molecule has 0 aliphatic carbocycles. The number of carboxylic acid groups (broad SMARTS) is 1. The minimum atomic E-state index is -1.23. The van der Waals surface area contributed by atoms with E-state index in [9.17, 15) is 4.79 Å². The van der Waals surface area contributed by atoms with Crippen LogP contribution >= 0.6 is 0 Å². The molecule has 1 heterocycles. The van der Waals surface area contributed by atoms with Crippen LogP contribution in [0.15, 0.2) is 78.5 Å². The van der Waals surface area contributed by atoms with Crippen LogP contribution in [-0.2, 0) is 4.79 Å². The van der Waals surface area contributed by atoms with Crippen LogP contribution < -0.4 is 0 Å². The molecule has 0 fully saturated rings. The lowest BCUT2D eigenvalue weighted by molar-refractivity contribution is -0.132. The average molecular weight is 338 g/mol. The molecular formula is C22H14N2O2. The third-order valence-electron chi connectivity index (χ3n) is 4.40. The Morgan fingerprint density at radius 2 is 1.73 bits per heavy atom.